The summed E-state index contributed by atoms with van der Waals surface area (Å²) in [5.74, 6) is -0.242. The number of carbonyl (C=O) groups is 2. The Kier molecular flexibility index (Phi) is 5.58. The van der Waals surface area contributed by atoms with E-state index in [0.29, 0.717) is 24.3 Å². The van der Waals surface area contributed by atoms with Crippen molar-refractivity contribution in [1.82, 2.24) is 5.32 Å². The van der Waals surface area contributed by atoms with Crippen LogP contribution in [0.3, 0.4) is 0 Å². The lowest BCUT2D eigenvalue weighted by atomic mass is 10.1. The number of nitrogens with zero attached hydrogens (tertiary/aromatic N) is 1. The van der Waals surface area contributed by atoms with Crippen LogP contribution in [0.15, 0.2) is 48.5 Å². The Bertz CT molecular complexity index is 862. The van der Waals surface area contributed by atoms with Gasteiger partial charge in [0.2, 0.25) is 5.91 Å². The van der Waals surface area contributed by atoms with E-state index in [-0.39, 0.29) is 17.9 Å². The van der Waals surface area contributed by atoms with Crippen LogP contribution in [0.2, 0.25) is 0 Å². The Hall–Kier alpha value is -2.86. The molecule has 2 aliphatic heterocycles. The van der Waals surface area contributed by atoms with E-state index in [1.54, 1.807) is 24.3 Å². The fourth-order valence-electron chi connectivity index (χ4n) is 3.80. The average Bonchev–Trinajstić information content (AvgIpc) is 3.37. The molecule has 0 saturated carbocycles. The van der Waals surface area contributed by atoms with Crippen molar-refractivity contribution >= 4 is 23.2 Å². The van der Waals surface area contributed by atoms with Crippen LogP contribution in [0.5, 0.6) is 0 Å². The van der Waals surface area contributed by atoms with Crippen LogP contribution in [0, 0.1) is 0 Å². The molecule has 0 bridgehead atoms. The van der Waals surface area contributed by atoms with Gasteiger partial charge in [-0.1, -0.05) is 24.3 Å². The Morgan fingerprint density at radius 3 is 2.89 bits per heavy atom. The maximum atomic E-state index is 12.5. The predicted molar refractivity (Wildman–Crippen MR) is 109 cm³/mol. The van der Waals surface area contributed by atoms with E-state index in [4.69, 9.17) is 4.74 Å². The third-order valence-corrected chi connectivity index (χ3v) is 5.24. The highest BCUT2D eigenvalue weighted by Crippen LogP contribution is 2.27. The molecule has 1 saturated heterocycles. The number of fused-ring (bicyclic) bond motifs is 1. The molecule has 4 rings (SSSR count). The Balaban J connectivity index is 1.33. The molecule has 2 heterocycles. The second-order valence-corrected chi connectivity index (χ2v) is 7.27. The smallest absolute Gasteiger partial charge is 0.251 e. The number of benzene rings is 2. The maximum absolute atomic E-state index is 12.5. The molecule has 1 fully saturated rings. The van der Waals surface area contributed by atoms with Gasteiger partial charge in [0.1, 0.15) is 0 Å². The molecule has 2 aliphatic rings. The molecule has 2 N–H and O–H groups in total. The van der Waals surface area contributed by atoms with E-state index < -0.39 is 0 Å². The highest BCUT2D eigenvalue weighted by Gasteiger charge is 2.21. The first-order valence-corrected chi connectivity index (χ1v) is 9.81. The highest BCUT2D eigenvalue weighted by molar-refractivity contribution is 5.98. The molecule has 1 atom stereocenters. The normalized spacial score (nSPS) is 18.0. The topological polar surface area (TPSA) is 70.7 Å². The van der Waals surface area contributed by atoms with Gasteiger partial charge in [0, 0.05) is 36.6 Å². The zero-order valence-corrected chi connectivity index (χ0v) is 15.8. The molecule has 146 valence electrons. The average molecular weight is 379 g/mol. The Labute approximate surface area is 164 Å². The maximum Gasteiger partial charge on any atom is 0.251 e. The van der Waals surface area contributed by atoms with Crippen molar-refractivity contribution in [2.45, 2.75) is 25.4 Å². The molecule has 28 heavy (non-hydrogen) atoms. The van der Waals surface area contributed by atoms with Crippen molar-refractivity contribution in [2.75, 3.05) is 36.5 Å². The molecular formula is C22H25N3O3. The summed E-state index contributed by atoms with van der Waals surface area (Å²) >= 11 is 0. The van der Waals surface area contributed by atoms with Crippen molar-refractivity contribution in [3.05, 3.63) is 59.7 Å². The number of rotatable bonds is 6. The molecule has 0 spiro atoms. The monoisotopic (exact) mass is 379 g/mol. The molecule has 2 aromatic carbocycles. The van der Waals surface area contributed by atoms with Crippen LogP contribution in [0.4, 0.5) is 11.4 Å². The van der Waals surface area contributed by atoms with E-state index in [2.05, 4.69) is 27.7 Å². The number of ether oxygens (including phenoxy) is 1. The van der Waals surface area contributed by atoms with Crippen LogP contribution in [-0.4, -0.2) is 44.2 Å². The van der Waals surface area contributed by atoms with Crippen molar-refractivity contribution in [1.29, 1.82) is 0 Å². The first kappa shape index (κ1) is 18.5. The first-order chi connectivity index (χ1) is 13.7. The molecule has 0 radical (unpaired) electrons. The molecular weight excluding hydrogens is 354 g/mol. The molecule has 2 amide bonds. The summed E-state index contributed by atoms with van der Waals surface area (Å²) in [5.41, 5.74) is 3.56. The van der Waals surface area contributed by atoms with E-state index in [1.165, 1.54) is 5.56 Å². The largest absolute Gasteiger partial charge is 0.376 e. The molecule has 2 aromatic rings. The Morgan fingerprint density at radius 2 is 2.04 bits per heavy atom. The minimum Gasteiger partial charge on any atom is -0.376 e. The van der Waals surface area contributed by atoms with Crippen molar-refractivity contribution in [2.24, 2.45) is 0 Å². The number of para-hydroxylation sites is 1. The standard InChI is InChI=1S/C22H25N3O3/c26-21(15-25-11-10-16-5-1-2-9-20(16)25)24-18-7-3-6-17(13-18)22(27)23-14-19-8-4-12-28-19/h1-3,5-7,9,13,19H,4,8,10-12,14-15H2,(H,23,27)(H,24,26). The summed E-state index contributed by atoms with van der Waals surface area (Å²) in [4.78, 5) is 26.9. The second kappa shape index (κ2) is 8.44. The molecule has 6 heteroatoms. The van der Waals surface area contributed by atoms with Gasteiger partial charge in [-0.15, -0.1) is 0 Å². The van der Waals surface area contributed by atoms with E-state index in [1.807, 2.05) is 12.1 Å². The lowest BCUT2D eigenvalue weighted by Crippen LogP contribution is -2.32. The van der Waals surface area contributed by atoms with Gasteiger partial charge in [-0.2, -0.15) is 0 Å². The lowest BCUT2D eigenvalue weighted by Gasteiger charge is -2.19. The number of nitrogens with one attached hydrogen (secondary N) is 2. The van der Waals surface area contributed by atoms with Gasteiger partial charge in [-0.3, -0.25) is 9.59 Å². The van der Waals surface area contributed by atoms with Crippen molar-refractivity contribution in [3.63, 3.8) is 0 Å². The SMILES string of the molecule is O=C(CN1CCc2ccccc21)Nc1cccc(C(=O)NCC2CCCO2)c1. The van der Waals surface area contributed by atoms with Crippen LogP contribution in [0.1, 0.15) is 28.8 Å². The van der Waals surface area contributed by atoms with Crippen molar-refractivity contribution < 1.29 is 14.3 Å². The third-order valence-electron chi connectivity index (χ3n) is 5.24. The summed E-state index contributed by atoms with van der Waals surface area (Å²) in [6, 6.07) is 15.2. The van der Waals surface area contributed by atoms with E-state index >= 15 is 0 Å². The van der Waals surface area contributed by atoms with Gasteiger partial charge in [-0.25, -0.2) is 0 Å². The quantitative estimate of drug-likeness (QED) is 0.809. The minimum atomic E-state index is -0.153. The molecule has 1 unspecified atom stereocenters. The lowest BCUT2D eigenvalue weighted by molar-refractivity contribution is -0.115. The van der Waals surface area contributed by atoms with Gasteiger partial charge < -0.3 is 20.3 Å². The number of anilines is 2. The van der Waals surface area contributed by atoms with Crippen LogP contribution < -0.4 is 15.5 Å². The molecule has 0 aromatic heterocycles. The fourth-order valence-corrected chi connectivity index (χ4v) is 3.80. The number of amides is 2. The molecule has 6 nitrogen and oxygen atoms in total. The zero-order chi connectivity index (χ0) is 19.3. The number of carbonyl (C=O) groups excluding carboxylic acids is 2. The minimum absolute atomic E-state index is 0.0892. The van der Waals surface area contributed by atoms with E-state index in [0.717, 1.165) is 38.1 Å². The summed E-state index contributed by atoms with van der Waals surface area (Å²) < 4.78 is 5.53. The summed E-state index contributed by atoms with van der Waals surface area (Å²) in [5, 5.41) is 5.81. The summed E-state index contributed by atoms with van der Waals surface area (Å²) in [6.45, 7) is 2.43. The van der Waals surface area contributed by atoms with Crippen LogP contribution in [-0.2, 0) is 16.0 Å². The number of hydrogen-bond donors (Lipinski definition) is 2. The van der Waals surface area contributed by atoms with Crippen LogP contribution >= 0.6 is 0 Å². The second-order valence-electron chi connectivity index (χ2n) is 7.27. The fraction of sp³-hybridized carbons (Fsp3) is 0.364. The highest BCUT2D eigenvalue weighted by atomic mass is 16.5. The predicted octanol–water partition coefficient (Wildman–Crippen LogP) is 2.60. The summed E-state index contributed by atoms with van der Waals surface area (Å²) in [6.07, 6.45) is 3.10. The van der Waals surface area contributed by atoms with Crippen LogP contribution in [0.25, 0.3) is 0 Å². The zero-order valence-electron chi connectivity index (χ0n) is 15.8. The Morgan fingerprint density at radius 1 is 1.14 bits per heavy atom. The number of hydrogen-bond acceptors (Lipinski definition) is 4. The van der Waals surface area contributed by atoms with Gasteiger partial charge in [0.25, 0.3) is 5.91 Å². The summed E-state index contributed by atoms with van der Waals surface area (Å²) in [7, 11) is 0. The van der Waals surface area contributed by atoms with E-state index in [9.17, 15) is 9.59 Å². The molecule has 0 aliphatic carbocycles. The van der Waals surface area contributed by atoms with Crippen molar-refractivity contribution in [3.8, 4) is 0 Å². The third kappa shape index (κ3) is 4.34. The van der Waals surface area contributed by atoms with Gasteiger partial charge in [0.05, 0.1) is 12.6 Å². The van der Waals surface area contributed by atoms with Gasteiger partial charge in [-0.05, 0) is 49.1 Å². The first-order valence-electron chi connectivity index (χ1n) is 9.81. The van der Waals surface area contributed by atoms with Gasteiger partial charge in [0.15, 0.2) is 0 Å². The van der Waals surface area contributed by atoms with Gasteiger partial charge >= 0.3 is 0 Å².